The van der Waals surface area contributed by atoms with E-state index in [4.69, 9.17) is 24.9 Å². The van der Waals surface area contributed by atoms with Crippen LogP contribution in [0.3, 0.4) is 0 Å². The SMILES string of the molecule is c1ccc(-c2cc(C3(c4ccc(-n5c6ccccc6c6ccccc65)cc4)CCCCC3)cc(-c3ccccn3)n2)nc1.c1ccc(-c2nc(-c3ccccc3)nc(C3CC4CCC3CC4c3ccc(-n4c5ccccc5c5ccccc54)cc3)n2)cc1.c1ccc2c(c1)c1ccccc1n2-c1ccc(C2CC3CC2CC3c2ccc(-c3cn4ccccc4n3)cc2)cc1. The molecule has 9 heterocycles. The molecule has 6 aliphatic rings. The molecule has 21 aromatic rings. The van der Waals surface area contributed by atoms with Crippen molar-refractivity contribution in [2.45, 2.75) is 106 Å². The number of aromatic nitrogens is 11. The molecule has 624 valence electrons. The minimum Gasteiger partial charge on any atom is -0.309 e. The summed E-state index contributed by atoms with van der Waals surface area (Å²) in [6.07, 6.45) is 22.6. The molecule has 129 heavy (non-hydrogen) atoms. The summed E-state index contributed by atoms with van der Waals surface area (Å²) in [5.74, 6) is 7.60. The quantitative estimate of drug-likeness (QED) is 0.107. The number of rotatable bonds is 14. The molecule has 8 atom stereocenters. The van der Waals surface area contributed by atoms with Crippen LogP contribution >= 0.6 is 0 Å². The van der Waals surface area contributed by atoms with Crippen molar-refractivity contribution < 1.29 is 0 Å². The van der Waals surface area contributed by atoms with Gasteiger partial charge in [-0.05, 0) is 248 Å². The molecule has 11 nitrogen and oxygen atoms in total. The molecular formula is C118H97N11. The Bertz CT molecular complexity index is 7360. The standard InChI is InChI=1S/C41H34N4.C39H32N4.C38H31N3/c1-3-11-28(12-4-1)39-42-40(29-13-5-2-6-14-29)44-41(43-39)36-26-30-19-20-31(36)25-35(30)27-21-23-32(24-22-27)45-37-17-9-7-15-33(37)34-16-8-10-18-38(34)45;1-8-22-39(23-9-1,29-26-35(33-14-6-10-24-40-33)42-36(27-29)34-15-7-11-25-41-34)28-18-20-30(21-19-28)43-37-16-4-2-12-31(37)32-13-3-5-17-38(32)43;1-3-9-36-31(7-1)32-8-2-4-10-37(32)41(36)30-18-16-26(17-19-30)34-23-28-21-29(34)22-33(28)25-12-14-27(15-13-25)35-24-40-20-6-5-11-38(40)39-35/h1-18,21-24,30-31,35-36H,19-20,25-26H2;2-7,10-21,24-27H,1,8-9,22-23H2;1-20,24,28-29,33-34H,21-23H2. The summed E-state index contributed by atoms with van der Waals surface area (Å²) in [6, 6.07) is 133. The first kappa shape index (κ1) is 77.7. The Labute approximate surface area is 751 Å². The third kappa shape index (κ3) is 14.3. The highest BCUT2D eigenvalue weighted by atomic mass is 15.0. The van der Waals surface area contributed by atoms with E-state index in [2.05, 4.69) is 350 Å². The van der Waals surface area contributed by atoms with E-state index < -0.39 is 0 Å². The van der Waals surface area contributed by atoms with Gasteiger partial charge in [0.25, 0.3) is 0 Å². The van der Waals surface area contributed by atoms with Gasteiger partial charge in [0.2, 0.25) is 0 Å². The first-order chi connectivity index (χ1) is 63.9. The zero-order valence-corrected chi connectivity index (χ0v) is 72.1. The first-order valence-corrected chi connectivity index (χ1v) is 46.4. The maximum atomic E-state index is 5.13. The molecule has 6 saturated carbocycles. The summed E-state index contributed by atoms with van der Waals surface area (Å²) in [7, 11) is 0. The number of fused-ring (bicyclic) bond motifs is 15. The van der Waals surface area contributed by atoms with Crippen molar-refractivity contribution in [2.24, 2.45) is 23.7 Å². The average molecular weight is 1670 g/mol. The van der Waals surface area contributed by atoms with Crippen LogP contribution in [0, 0.1) is 23.7 Å². The molecule has 0 saturated heterocycles. The lowest BCUT2D eigenvalue weighted by molar-refractivity contribution is 0.113. The summed E-state index contributed by atoms with van der Waals surface area (Å²) < 4.78 is 9.32. The van der Waals surface area contributed by atoms with E-state index in [0.717, 1.165) is 93.8 Å². The van der Waals surface area contributed by atoms with E-state index in [-0.39, 0.29) is 5.41 Å². The second-order valence-electron chi connectivity index (χ2n) is 36.5. The molecule has 6 aliphatic carbocycles. The fourth-order valence-corrected chi connectivity index (χ4v) is 23.5. The van der Waals surface area contributed by atoms with Crippen LogP contribution in [0.15, 0.2) is 395 Å². The van der Waals surface area contributed by atoms with Crippen LogP contribution in [0.4, 0.5) is 0 Å². The van der Waals surface area contributed by atoms with E-state index in [9.17, 15) is 0 Å². The van der Waals surface area contributed by atoms with Gasteiger partial charge in [-0.1, -0.05) is 268 Å². The fraction of sp³-hybridized carbons (Fsp3) is 0.178. The topological polar surface area (TPSA) is 109 Å². The molecule has 0 N–H and O–H groups in total. The first-order valence-electron chi connectivity index (χ1n) is 46.4. The number of imidazole rings is 1. The monoisotopic (exact) mass is 1670 g/mol. The van der Waals surface area contributed by atoms with Gasteiger partial charge in [0.05, 0.1) is 61.6 Å². The highest BCUT2D eigenvalue weighted by molar-refractivity contribution is 6.11. The molecule has 0 amide bonds. The molecular weight excluding hydrogens is 1570 g/mol. The summed E-state index contributed by atoms with van der Waals surface area (Å²) >= 11 is 0. The van der Waals surface area contributed by atoms with Crippen LogP contribution in [-0.2, 0) is 5.41 Å². The van der Waals surface area contributed by atoms with Gasteiger partial charge in [0, 0.05) is 102 Å². The predicted octanol–water partition coefficient (Wildman–Crippen LogP) is 28.9. The molecule has 0 radical (unpaired) electrons. The highest BCUT2D eigenvalue weighted by Crippen LogP contribution is 2.60. The molecule has 6 fully saturated rings. The van der Waals surface area contributed by atoms with Crippen LogP contribution in [-0.4, -0.2) is 53.0 Å². The van der Waals surface area contributed by atoms with Crippen LogP contribution in [0.2, 0.25) is 0 Å². The number of nitrogens with zero attached hydrogens (tertiary/aromatic N) is 11. The predicted molar refractivity (Wildman–Crippen MR) is 525 cm³/mol. The van der Waals surface area contributed by atoms with Crippen LogP contribution < -0.4 is 0 Å². The molecule has 27 rings (SSSR count). The van der Waals surface area contributed by atoms with E-state index in [1.165, 1.54) is 174 Å². The van der Waals surface area contributed by atoms with Crippen molar-refractivity contribution in [1.29, 1.82) is 0 Å². The highest BCUT2D eigenvalue weighted by Gasteiger charge is 2.48. The Balaban J connectivity index is 0.000000108. The van der Waals surface area contributed by atoms with Crippen molar-refractivity contribution in [3.05, 3.63) is 428 Å². The zero-order valence-electron chi connectivity index (χ0n) is 72.1. The fourth-order valence-electron chi connectivity index (χ4n) is 23.5. The van der Waals surface area contributed by atoms with Gasteiger partial charge >= 0.3 is 0 Å². The maximum absolute atomic E-state index is 5.13. The molecule has 8 unspecified atom stereocenters. The molecule has 9 aromatic heterocycles. The van der Waals surface area contributed by atoms with Crippen LogP contribution in [0.5, 0.6) is 0 Å². The van der Waals surface area contributed by atoms with Gasteiger partial charge in [-0.25, -0.2) is 24.9 Å². The summed E-state index contributed by atoms with van der Waals surface area (Å²) in [6.45, 7) is 0. The molecule has 4 bridgehead atoms. The van der Waals surface area contributed by atoms with Crippen LogP contribution in [0.25, 0.3) is 145 Å². The van der Waals surface area contributed by atoms with Gasteiger partial charge < -0.3 is 18.1 Å². The zero-order chi connectivity index (χ0) is 85.3. The Kier molecular flexibility index (Phi) is 20.0. The molecule has 0 aliphatic heterocycles. The smallest absolute Gasteiger partial charge is 0.163 e. The molecule has 0 spiro atoms. The second kappa shape index (κ2) is 33.2. The Hall–Kier alpha value is -14.8. The van der Waals surface area contributed by atoms with Crippen molar-refractivity contribution in [2.75, 3.05) is 0 Å². The normalized spacial score (nSPS) is 19.2. The second-order valence-corrected chi connectivity index (χ2v) is 36.5. The third-order valence-corrected chi connectivity index (χ3v) is 29.6. The van der Waals surface area contributed by atoms with E-state index in [0.29, 0.717) is 35.5 Å². The lowest BCUT2D eigenvalue weighted by Crippen LogP contribution is -2.36. The van der Waals surface area contributed by atoms with Crippen LogP contribution in [0.1, 0.15) is 134 Å². The largest absolute Gasteiger partial charge is 0.309 e. The van der Waals surface area contributed by atoms with E-state index in [1.807, 2.05) is 73.1 Å². The maximum Gasteiger partial charge on any atom is 0.163 e. The van der Waals surface area contributed by atoms with Crippen molar-refractivity contribution in [3.8, 4) is 73.9 Å². The van der Waals surface area contributed by atoms with E-state index in [1.54, 1.807) is 0 Å². The van der Waals surface area contributed by atoms with Gasteiger partial charge in [-0.15, -0.1) is 0 Å². The number of para-hydroxylation sites is 6. The minimum atomic E-state index is -0.104. The lowest BCUT2D eigenvalue weighted by Gasteiger charge is -2.47. The van der Waals surface area contributed by atoms with Gasteiger partial charge in [0.15, 0.2) is 11.6 Å². The Morgan fingerprint density at radius 3 is 1.05 bits per heavy atom. The summed E-state index contributed by atoms with van der Waals surface area (Å²) in [4.78, 5) is 34.4. The van der Waals surface area contributed by atoms with Gasteiger partial charge in [0.1, 0.15) is 11.5 Å². The number of pyridine rings is 4. The minimum absolute atomic E-state index is 0.104. The molecule has 12 aromatic carbocycles. The average Bonchev–Trinajstić information content (AvgIpc) is 1.48. The summed E-state index contributed by atoms with van der Waals surface area (Å²) in [5.41, 5.74) is 27.1. The van der Waals surface area contributed by atoms with Gasteiger partial charge in [-0.2, -0.15) is 0 Å². The summed E-state index contributed by atoms with van der Waals surface area (Å²) in [5, 5.41) is 7.81. The van der Waals surface area contributed by atoms with Crippen molar-refractivity contribution in [3.63, 3.8) is 0 Å². The Morgan fingerprint density at radius 1 is 0.264 bits per heavy atom. The Morgan fingerprint density at radius 2 is 0.643 bits per heavy atom. The lowest BCUT2D eigenvalue weighted by atomic mass is 9.58. The van der Waals surface area contributed by atoms with E-state index >= 15 is 0 Å². The van der Waals surface area contributed by atoms with Crippen molar-refractivity contribution >= 4 is 71.1 Å². The third-order valence-electron chi connectivity index (χ3n) is 29.6. The number of hydrogen-bond donors (Lipinski definition) is 0. The molecule has 11 heteroatoms. The van der Waals surface area contributed by atoms with Crippen molar-refractivity contribution in [1.82, 2.24) is 53.0 Å². The van der Waals surface area contributed by atoms with Gasteiger partial charge in [-0.3, -0.25) is 9.97 Å². The number of benzene rings is 12. The number of hydrogen-bond acceptors (Lipinski definition) is 7.